The van der Waals surface area contributed by atoms with Gasteiger partial charge in [-0.1, -0.05) is 58.7 Å². The molecule has 0 radical (unpaired) electrons. The summed E-state index contributed by atoms with van der Waals surface area (Å²) in [5.74, 6) is 0.0601. The summed E-state index contributed by atoms with van der Waals surface area (Å²) < 4.78 is 0. The summed E-state index contributed by atoms with van der Waals surface area (Å²) in [5.41, 5.74) is 2.01. The molecule has 2 aromatic rings. The number of benzene rings is 2. The molecule has 1 N–H and O–H groups in total. The average Bonchev–Trinajstić information content (AvgIpc) is 3.27. The molecule has 29 heavy (non-hydrogen) atoms. The van der Waals surface area contributed by atoms with E-state index in [1.54, 1.807) is 18.2 Å². The summed E-state index contributed by atoms with van der Waals surface area (Å²) >= 11 is 19.4. The van der Waals surface area contributed by atoms with E-state index < -0.39 is 0 Å². The molecule has 0 saturated heterocycles. The van der Waals surface area contributed by atoms with Crippen molar-refractivity contribution in [2.45, 2.75) is 31.3 Å². The molecule has 0 bridgehead atoms. The van der Waals surface area contributed by atoms with Gasteiger partial charge in [0.25, 0.3) is 0 Å². The van der Waals surface area contributed by atoms with E-state index in [1.807, 2.05) is 24.3 Å². The van der Waals surface area contributed by atoms with Crippen molar-refractivity contribution < 1.29 is 4.79 Å². The van der Waals surface area contributed by atoms with Gasteiger partial charge in [0.15, 0.2) is 5.66 Å². The number of thioether (sulfide) groups is 1. The highest BCUT2D eigenvalue weighted by Crippen LogP contribution is 2.40. The van der Waals surface area contributed by atoms with Crippen LogP contribution in [-0.2, 0) is 4.79 Å². The lowest BCUT2D eigenvalue weighted by atomic mass is 10.1. The predicted molar refractivity (Wildman–Crippen MR) is 124 cm³/mol. The van der Waals surface area contributed by atoms with Crippen LogP contribution in [0.25, 0.3) is 0 Å². The molecule has 1 amide bonds. The van der Waals surface area contributed by atoms with Gasteiger partial charge in [-0.15, -0.1) is 0 Å². The molecule has 1 saturated carbocycles. The van der Waals surface area contributed by atoms with Gasteiger partial charge in [-0.05, 0) is 56.0 Å². The lowest BCUT2D eigenvalue weighted by Gasteiger charge is -2.14. The minimum absolute atomic E-state index is 0.154. The smallest absolute Gasteiger partial charge is 0.234 e. The number of carbonyl (C=O) groups is 1. The van der Waals surface area contributed by atoms with Crippen LogP contribution in [0.5, 0.6) is 0 Å². The molecule has 2 aliphatic rings. The fraction of sp³-hybridized carbons (Fsp3) is 0.286. The standard InChI is InChI=1S/C21H18Cl3N3OS/c22-14-5-3-13(4-6-14)19-20(27-21(26-19)7-1-2-8-21)29-12-18(28)25-17-10-15(23)9-16(24)11-17/h3-6,9-11H,1-2,7-8,12H2,(H,25,28). The van der Waals surface area contributed by atoms with Crippen molar-refractivity contribution in [2.24, 2.45) is 9.98 Å². The van der Waals surface area contributed by atoms with Crippen molar-refractivity contribution in [1.82, 2.24) is 0 Å². The number of anilines is 1. The highest BCUT2D eigenvalue weighted by atomic mass is 35.5. The maximum Gasteiger partial charge on any atom is 0.234 e. The second-order valence-electron chi connectivity index (χ2n) is 7.07. The Hall–Kier alpha value is -1.53. The zero-order valence-electron chi connectivity index (χ0n) is 15.4. The van der Waals surface area contributed by atoms with Crippen molar-refractivity contribution in [3.8, 4) is 0 Å². The van der Waals surface area contributed by atoms with E-state index in [2.05, 4.69) is 5.32 Å². The van der Waals surface area contributed by atoms with Crippen LogP contribution in [0.15, 0.2) is 52.4 Å². The molecule has 0 atom stereocenters. The SMILES string of the molecule is O=C(CSC1=NC2(CCCC2)N=C1c1ccc(Cl)cc1)Nc1cc(Cl)cc(Cl)c1. The maximum absolute atomic E-state index is 12.5. The highest BCUT2D eigenvalue weighted by Gasteiger charge is 2.39. The fourth-order valence-corrected chi connectivity index (χ4v) is 5.07. The molecule has 1 heterocycles. The minimum Gasteiger partial charge on any atom is -0.325 e. The van der Waals surface area contributed by atoms with E-state index in [0.717, 1.165) is 42.0 Å². The van der Waals surface area contributed by atoms with Gasteiger partial charge in [-0.25, -0.2) is 4.99 Å². The lowest BCUT2D eigenvalue weighted by molar-refractivity contribution is -0.113. The first kappa shape index (κ1) is 20.7. The molecule has 150 valence electrons. The van der Waals surface area contributed by atoms with Crippen molar-refractivity contribution in [2.75, 3.05) is 11.1 Å². The Kier molecular flexibility index (Phi) is 6.21. The molecule has 4 rings (SSSR count). The van der Waals surface area contributed by atoms with E-state index >= 15 is 0 Å². The number of amides is 1. The largest absolute Gasteiger partial charge is 0.325 e. The van der Waals surface area contributed by atoms with E-state index in [1.165, 1.54) is 11.8 Å². The third-order valence-electron chi connectivity index (χ3n) is 4.84. The third kappa shape index (κ3) is 4.97. The van der Waals surface area contributed by atoms with Gasteiger partial charge in [-0.2, -0.15) is 0 Å². The number of nitrogens with one attached hydrogen (secondary N) is 1. The van der Waals surface area contributed by atoms with Gasteiger partial charge in [-0.3, -0.25) is 9.79 Å². The van der Waals surface area contributed by atoms with Crippen molar-refractivity contribution >= 4 is 68.9 Å². The Balaban J connectivity index is 1.49. The van der Waals surface area contributed by atoms with E-state index in [0.29, 0.717) is 20.8 Å². The van der Waals surface area contributed by atoms with Crippen LogP contribution in [0.3, 0.4) is 0 Å². The van der Waals surface area contributed by atoms with E-state index in [4.69, 9.17) is 44.8 Å². The Labute approximate surface area is 188 Å². The van der Waals surface area contributed by atoms with Crippen LogP contribution in [0, 0.1) is 0 Å². The van der Waals surface area contributed by atoms with Crippen LogP contribution >= 0.6 is 46.6 Å². The molecule has 1 aliphatic heterocycles. The van der Waals surface area contributed by atoms with Crippen molar-refractivity contribution in [3.63, 3.8) is 0 Å². The monoisotopic (exact) mass is 465 g/mol. The van der Waals surface area contributed by atoms with Gasteiger partial charge < -0.3 is 5.32 Å². The zero-order chi connectivity index (χ0) is 20.4. The fourth-order valence-electron chi connectivity index (χ4n) is 3.54. The van der Waals surface area contributed by atoms with Crippen LogP contribution < -0.4 is 5.32 Å². The first-order valence-corrected chi connectivity index (χ1v) is 11.4. The summed E-state index contributed by atoms with van der Waals surface area (Å²) in [6.45, 7) is 0. The van der Waals surface area contributed by atoms with E-state index in [-0.39, 0.29) is 17.3 Å². The molecular formula is C21H18Cl3N3OS. The van der Waals surface area contributed by atoms with Gasteiger partial charge in [0.2, 0.25) is 5.91 Å². The average molecular weight is 467 g/mol. The molecule has 0 unspecified atom stereocenters. The molecule has 1 aliphatic carbocycles. The number of hydrogen-bond acceptors (Lipinski definition) is 4. The molecule has 0 aromatic heterocycles. The number of halogens is 3. The quantitative estimate of drug-likeness (QED) is 0.560. The zero-order valence-corrected chi connectivity index (χ0v) is 18.5. The molecular weight excluding hydrogens is 449 g/mol. The van der Waals surface area contributed by atoms with Crippen molar-refractivity contribution in [3.05, 3.63) is 63.1 Å². The molecule has 8 heteroatoms. The first-order chi connectivity index (χ1) is 13.9. The topological polar surface area (TPSA) is 53.8 Å². The number of carbonyl (C=O) groups excluding carboxylic acids is 1. The molecule has 4 nitrogen and oxygen atoms in total. The van der Waals surface area contributed by atoms with Crippen LogP contribution in [0.1, 0.15) is 31.2 Å². The Morgan fingerprint density at radius 2 is 1.62 bits per heavy atom. The maximum atomic E-state index is 12.5. The van der Waals surface area contributed by atoms with Crippen molar-refractivity contribution in [1.29, 1.82) is 0 Å². The molecule has 1 fully saturated rings. The van der Waals surface area contributed by atoms with E-state index in [9.17, 15) is 4.79 Å². The summed E-state index contributed by atoms with van der Waals surface area (Å²) in [5, 5.41) is 5.25. The predicted octanol–water partition coefficient (Wildman–Crippen LogP) is 6.49. The number of aliphatic imine (C=N–C) groups is 2. The normalized spacial score (nSPS) is 17.3. The van der Waals surface area contributed by atoms with Gasteiger partial charge in [0.05, 0.1) is 11.5 Å². The second kappa shape index (κ2) is 8.68. The van der Waals surface area contributed by atoms with Crippen LogP contribution in [-0.4, -0.2) is 28.1 Å². The van der Waals surface area contributed by atoms with Gasteiger partial charge >= 0.3 is 0 Å². The number of hydrogen-bond donors (Lipinski definition) is 1. The van der Waals surface area contributed by atoms with Crippen LogP contribution in [0.2, 0.25) is 15.1 Å². The Morgan fingerprint density at radius 3 is 2.28 bits per heavy atom. The lowest BCUT2D eigenvalue weighted by Crippen LogP contribution is -2.17. The Morgan fingerprint density at radius 1 is 0.966 bits per heavy atom. The van der Waals surface area contributed by atoms with Gasteiger partial charge in [0, 0.05) is 26.3 Å². The summed E-state index contributed by atoms with van der Waals surface area (Å²) in [6, 6.07) is 12.5. The minimum atomic E-state index is -0.367. The highest BCUT2D eigenvalue weighted by molar-refractivity contribution is 8.16. The van der Waals surface area contributed by atoms with Gasteiger partial charge in [0.1, 0.15) is 5.04 Å². The third-order valence-corrected chi connectivity index (χ3v) is 6.49. The molecule has 2 aromatic carbocycles. The summed E-state index contributed by atoms with van der Waals surface area (Å²) in [4.78, 5) is 22.4. The summed E-state index contributed by atoms with van der Waals surface area (Å²) in [7, 11) is 0. The number of rotatable bonds is 4. The second-order valence-corrected chi connectivity index (χ2v) is 9.34. The number of nitrogens with zero attached hydrogens (tertiary/aromatic N) is 2. The first-order valence-electron chi connectivity index (χ1n) is 9.27. The summed E-state index contributed by atoms with van der Waals surface area (Å²) in [6.07, 6.45) is 4.13. The van der Waals surface area contributed by atoms with Crippen LogP contribution in [0.4, 0.5) is 5.69 Å². The molecule has 1 spiro atoms. The Bertz CT molecular complexity index is 978.